The van der Waals surface area contributed by atoms with Crippen molar-refractivity contribution in [3.8, 4) is 5.75 Å². The van der Waals surface area contributed by atoms with Crippen molar-refractivity contribution in [2.45, 2.75) is 44.0 Å². The molecular formula is C17H21ClO5. The molecule has 0 spiro atoms. The van der Waals surface area contributed by atoms with Crippen molar-refractivity contribution in [2.75, 3.05) is 6.61 Å². The minimum atomic E-state index is -0.627. The van der Waals surface area contributed by atoms with Crippen LogP contribution in [0.4, 0.5) is 0 Å². The number of benzene rings is 1. The van der Waals surface area contributed by atoms with Crippen molar-refractivity contribution >= 4 is 17.6 Å². The van der Waals surface area contributed by atoms with E-state index in [0.717, 1.165) is 0 Å². The lowest BCUT2D eigenvalue weighted by Gasteiger charge is -2.21. The summed E-state index contributed by atoms with van der Waals surface area (Å²) in [6.45, 7) is 0.173. The summed E-state index contributed by atoms with van der Waals surface area (Å²) < 4.78 is 10.7. The lowest BCUT2D eigenvalue weighted by Crippen LogP contribution is -2.24. The van der Waals surface area contributed by atoms with Crippen molar-refractivity contribution in [2.24, 2.45) is 11.8 Å². The van der Waals surface area contributed by atoms with Crippen molar-refractivity contribution in [1.29, 1.82) is 0 Å². The SMILES string of the molecule is O=C1C[C@@H]2[C@@H](CC[C@@H](O)COc3cccc(Cl)c3)[C@H](O)C[C@@H]2O1. The minimum absolute atomic E-state index is 0.00673. The molecule has 5 atom stereocenters. The van der Waals surface area contributed by atoms with E-state index in [2.05, 4.69) is 0 Å². The maximum atomic E-state index is 11.3. The molecule has 23 heavy (non-hydrogen) atoms. The highest BCUT2D eigenvalue weighted by Gasteiger charge is 2.49. The smallest absolute Gasteiger partial charge is 0.306 e. The number of fused-ring (bicyclic) bond motifs is 1. The second kappa shape index (κ2) is 7.07. The molecular weight excluding hydrogens is 320 g/mol. The first-order valence-electron chi connectivity index (χ1n) is 7.97. The van der Waals surface area contributed by atoms with E-state index >= 15 is 0 Å². The topological polar surface area (TPSA) is 76.0 Å². The summed E-state index contributed by atoms with van der Waals surface area (Å²) in [6.07, 6.45) is 0.816. The van der Waals surface area contributed by atoms with Crippen molar-refractivity contribution in [1.82, 2.24) is 0 Å². The Bertz CT molecular complexity index is 564. The van der Waals surface area contributed by atoms with Gasteiger partial charge in [-0.05, 0) is 37.0 Å². The average Bonchev–Trinajstić information content (AvgIpc) is 2.98. The Morgan fingerprint density at radius 1 is 1.43 bits per heavy atom. The number of hydrogen-bond acceptors (Lipinski definition) is 5. The summed E-state index contributed by atoms with van der Waals surface area (Å²) in [5.41, 5.74) is 0. The van der Waals surface area contributed by atoms with E-state index in [0.29, 0.717) is 36.5 Å². The molecule has 0 bridgehead atoms. The Labute approximate surface area is 140 Å². The summed E-state index contributed by atoms with van der Waals surface area (Å²) in [5, 5.41) is 20.8. The molecule has 1 saturated carbocycles. The van der Waals surface area contributed by atoms with Crippen LogP contribution in [0.3, 0.4) is 0 Å². The Kier molecular flexibility index (Phi) is 5.09. The Morgan fingerprint density at radius 3 is 3.04 bits per heavy atom. The third kappa shape index (κ3) is 3.97. The first kappa shape index (κ1) is 16.6. The molecule has 1 heterocycles. The highest BCUT2D eigenvalue weighted by molar-refractivity contribution is 6.30. The number of aliphatic hydroxyl groups is 2. The van der Waals surface area contributed by atoms with Crippen LogP contribution in [-0.2, 0) is 9.53 Å². The lowest BCUT2D eigenvalue weighted by molar-refractivity contribution is -0.141. The number of esters is 1. The van der Waals surface area contributed by atoms with Gasteiger partial charge in [-0.15, -0.1) is 0 Å². The lowest BCUT2D eigenvalue weighted by atomic mass is 9.87. The van der Waals surface area contributed by atoms with Crippen LogP contribution in [0.1, 0.15) is 25.7 Å². The molecule has 1 saturated heterocycles. The number of halogens is 1. The van der Waals surface area contributed by atoms with Crippen LogP contribution in [0.2, 0.25) is 5.02 Å². The van der Waals surface area contributed by atoms with E-state index in [1.165, 1.54) is 0 Å². The van der Waals surface area contributed by atoms with Gasteiger partial charge in [-0.25, -0.2) is 0 Å². The summed E-state index contributed by atoms with van der Waals surface area (Å²) >= 11 is 5.88. The van der Waals surface area contributed by atoms with Crippen molar-refractivity contribution < 1.29 is 24.5 Å². The molecule has 126 valence electrons. The number of rotatable bonds is 6. The number of hydrogen-bond donors (Lipinski definition) is 2. The van der Waals surface area contributed by atoms with E-state index in [-0.39, 0.29) is 30.5 Å². The number of carbonyl (C=O) groups is 1. The van der Waals surface area contributed by atoms with Gasteiger partial charge in [0.2, 0.25) is 0 Å². The molecule has 2 N–H and O–H groups in total. The van der Waals surface area contributed by atoms with Gasteiger partial charge in [0, 0.05) is 17.4 Å². The molecule has 0 unspecified atom stereocenters. The van der Waals surface area contributed by atoms with Crippen molar-refractivity contribution in [3.05, 3.63) is 29.3 Å². The summed E-state index contributed by atoms with van der Waals surface area (Å²) in [4.78, 5) is 11.3. The van der Waals surface area contributed by atoms with Gasteiger partial charge in [-0.3, -0.25) is 4.79 Å². The molecule has 0 radical (unpaired) electrons. The molecule has 1 aromatic carbocycles. The van der Waals surface area contributed by atoms with Gasteiger partial charge in [0.15, 0.2) is 0 Å². The molecule has 2 fully saturated rings. The molecule has 0 amide bonds. The van der Waals surface area contributed by atoms with E-state index < -0.39 is 12.2 Å². The van der Waals surface area contributed by atoms with E-state index in [9.17, 15) is 15.0 Å². The molecule has 2 aliphatic rings. The van der Waals surface area contributed by atoms with Gasteiger partial charge in [0.1, 0.15) is 18.5 Å². The molecule has 1 aliphatic heterocycles. The summed E-state index contributed by atoms with van der Waals surface area (Å²) in [7, 11) is 0. The van der Waals surface area contributed by atoms with Crippen LogP contribution in [-0.4, -0.2) is 41.1 Å². The fourth-order valence-corrected chi connectivity index (χ4v) is 3.78. The number of aliphatic hydroxyl groups excluding tert-OH is 2. The standard InChI is InChI=1S/C17H21ClO5/c18-10-2-1-3-12(6-10)22-9-11(19)4-5-13-14-7-17(21)23-16(14)8-15(13)20/h1-3,6,11,13-16,19-20H,4-5,7-9H2/t11-,13-,14-,15-,16+/m1/s1. The maximum Gasteiger partial charge on any atom is 0.306 e. The third-order valence-electron chi connectivity index (χ3n) is 4.75. The molecule has 3 rings (SSSR count). The van der Waals surface area contributed by atoms with Gasteiger partial charge in [0.05, 0.1) is 18.6 Å². The summed E-state index contributed by atoms with van der Waals surface area (Å²) in [5.74, 6) is 0.528. The molecule has 1 aromatic rings. The predicted molar refractivity (Wildman–Crippen MR) is 84.3 cm³/mol. The fraction of sp³-hybridized carbons (Fsp3) is 0.588. The van der Waals surface area contributed by atoms with Gasteiger partial charge in [0.25, 0.3) is 0 Å². The van der Waals surface area contributed by atoms with E-state index in [1.807, 2.05) is 0 Å². The van der Waals surface area contributed by atoms with E-state index in [1.54, 1.807) is 24.3 Å². The zero-order valence-electron chi connectivity index (χ0n) is 12.7. The Hall–Kier alpha value is -1.30. The highest BCUT2D eigenvalue weighted by Crippen LogP contribution is 2.43. The van der Waals surface area contributed by atoms with Crippen LogP contribution < -0.4 is 4.74 Å². The van der Waals surface area contributed by atoms with Crippen LogP contribution >= 0.6 is 11.6 Å². The van der Waals surface area contributed by atoms with Gasteiger partial charge in [-0.1, -0.05) is 17.7 Å². The minimum Gasteiger partial charge on any atom is -0.491 e. The monoisotopic (exact) mass is 340 g/mol. The fourth-order valence-electron chi connectivity index (χ4n) is 3.60. The normalized spacial score (nSPS) is 30.8. The zero-order chi connectivity index (χ0) is 16.4. The van der Waals surface area contributed by atoms with E-state index in [4.69, 9.17) is 21.1 Å². The first-order valence-corrected chi connectivity index (χ1v) is 8.34. The predicted octanol–water partition coefficient (Wildman–Crippen LogP) is 2.17. The molecule has 1 aliphatic carbocycles. The quantitative estimate of drug-likeness (QED) is 0.776. The molecule has 0 aromatic heterocycles. The third-order valence-corrected chi connectivity index (χ3v) is 4.99. The Morgan fingerprint density at radius 2 is 2.26 bits per heavy atom. The van der Waals surface area contributed by atoms with Gasteiger partial charge >= 0.3 is 5.97 Å². The highest BCUT2D eigenvalue weighted by atomic mass is 35.5. The molecule has 6 heteroatoms. The first-order chi connectivity index (χ1) is 11.0. The average molecular weight is 341 g/mol. The number of ether oxygens (including phenoxy) is 2. The zero-order valence-corrected chi connectivity index (χ0v) is 13.5. The molecule has 5 nitrogen and oxygen atoms in total. The summed E-state index contributed by atoms with van der Waals surface area (Å²) in [6, 6.07) is 7.02. The second-order valence-corrected chi connectivity index (χ2v) is 6.80. The van der Waals surface area contributed by atoms with Gasteiger partial charge < -0.3 is 19.7 Å². The van der Waals surface area contributed by atoms with Crippen LogP contribution in [0.15, 0.2) is 24.3 Å². The van der Waals surface area contributed by atoms with Crippen LogP contribution in [0.25, 0.3) is 0 Å². The Balaban J connectivity index is 1.45. The maximum absolute atomic E-state index is 11.3. The number of carbonyl (C=O) groups excluding carboxylic acids is 1. The largest absolute Gasteiger partial charge is 0.491 e. The van der Waals surface area contributed by atoms with Crippen LogP contribution in [0.5, 0.6) is 5.75 Å². The van der Waals surface area contributed by atoms with Crippen LogP contribution in [0, 0.1) is 11.8 Å². The second-order valence-electron chi connectivity index (χ2n) is 6.36. The van der Waals surface area contributed by atoms with Gasteiger partial charge in [-0.2, -0.15) is 0 Å². The van der Waals surface area contributed by atoms with Crippen molar-refractivity contribution in [3.63, 3.8) is 0 Å².